The maximum Gasteiger partial charge on any atom is 0.416 e. The van der Waals surface area contributed by atoms with Gasteiger partial charge < -0.3 is 5.32 Å². The highest BCUT2D eigenvalue weighted by Gasteiger charge is 2.33. The van der Waals surface area contributed by atoms with E-state index in [-0.39, 0.29) is 16.2 Å². The van der Waals surface area contributed by atoms with E-state index in [4.69, 9.17) is 0 Å². The van der Waals surface area contributed by atoms with Gasteiger partial charge in [0.05, 0.1) is 15.4 Å². The first-order valence-electron chi connectivity index (χ1n) is 10.8. The molecular formula is C24H28F3NO3S. The SMILES string of the molecule is CNC1(CC(=O)CCc2ccc(S(=O)(=O)c3cccc(C(F)(F)F)c3)cc2)CCCCC1. The third-order valence-electron chi connectivity index (χ3n) is 6.27. The van der Waals surface area contributed by atoms with Gasteiger partial charge >= 0.3 is 6.18 Å². The van der Waals surface area contributed by atoms with Crippen LogP contribution in [0.2, 0.25) is 0 Å². The molecule has 0 spiro atoms. The van der Waals surface area contributed by atoms with E-state index in [1.807, 2.05) is 7.05 Å². The van der Waals surface area contributed by atoms with E-state index < -0.39 is 26.5 Å². The molecule has 1 saturated carbocycles. The number of nitrogens with one attached hydrogen (secondary N) is 1. The van der Waals surface area contributed by atoms with Crippen molar-refractivity contribution in [1.82, 2.24) is 5.32 Å². The van der Waals surface area contributed by atoms with Gasteiger partial charge in [0.1, 0.15) is 5.78 Å². The number of hydrogen-bond acceptors (Lipinski definition) is 4. The molecule has 0 aliphatic heterocycles. The van der Waals surface area contributed by atoms with Crippen LogP contribution in [-0.2, 0) is 27.2 Å². The predicted molar refractivity (Wildman–Crippen MR) is 116 cm³/mol. The molecule has 1 fully saturated rings. The number of sulfone groups is 1. The number of Topliss-reactive ketones (excluding diaryl/α,β-unsaturated/α-hetero) is 1. The van der Waals surface area contributed by atoms with Gasteiger partial charge in [0.25, 0.3) is 0 Å². The van der Waals surface area contributed by atoms with Crippen LogP contribution >= 0.6 is 0 Å². The van der Waals surface area contributed by atoms with Crippen molar-refractivity contribution in [2.24, 2.45) is 0 Å². The molecule has 1 aliphatic carbocycles. The lowest BCUT2D eigenvalue weighted by atomic mass is 9.78. The van der Waals surface area contributed by atoms with Gasteiger partial charge in [-0.3, -0.25) is 4.79 Å². The second kappa shape index (κ2) is 9.75. The molecule has 0 heterocycles. The largest absolute Gasteiger partial charge is 0.416 e. The van der Waals surface area contributed by atoms with E-state index in [1.165, 1.54) is 18.6 Å². The molecule has 0 unspecified atom stereocenters. The van der Waals surface area contributed by atoms with Crippen LogP contribution in [0, 0.1) is 0 Å². The molecular weight excluding hydrogens is 439 g/mol. The average Bonchev–Trinajstić information content (AvgIpc) is 2.78. The molecule has 8 heteroatoms. The molecule has 0 atom stereocenters. The van der Waals surface area contributed by atoms with Gasteiger partial charge in [-0.1, -0.05) is 37.5 Å². The Hall–Kier alpha value is -2.19. The van der Waals surface area contributed by atoms with Gasteiger partial charge in [-0.2, -0.15) is 13.2 Å². The Morgan fingerprint density at radius 3 is 2.25 bits per heavy atom. The minimum atomic E-state index is -4.62. The van der Waals surface area contributed by atoms with Crippen molar-refractivity contribution in [3.8, 4) is 0 Å². The fraction of sp³-hybridized carbons (Fsp3) is 0.458. The molecule has 0 radical (unpaired) electrons. The molecule has 2 aromatic carbocycles. The van der Waals surface area contributed by atoms with Crippen molar-refractivity contribution < 1.29 is 26.4 Å². The maximum absolute atomic E-state index is 12.9. The molecule has 0 amide bonds. The van der Waals surface area contributed by atoms with Crippen molar-refractivity contribution in [2.75, 3.05) is 7.05 Å². The topological polar surface area (TPSA) is 63.2 Å². The van der Waals surface area contributed by atoms with E-state index in [2.05, 4.69) is 5.32 Å². The second-order valence-electron chi connectivity index (χ2n) is 8.48. The molecule has 1 aliphatic rings. The Balaban J connectivity index is 1.65. The summed E-state index contributed by atoms with van der Waals surface area (Å²) >= 11 is 0. The van der Waals surface area contributed by atoms with Crippen molar-refractivity contribution >= 4 is 15.6 Å². The number of carbonyl (C=O) groups excluding carboxylic acids is 1. The van der Waals surface area contributed by atoms with E-state index in [0.717, 1.165) is 49.4 Å². The van der Waals surface area contributed by atoms with Crippen molar-refractivity contribution in [3.63, 3.8) is 0 Å². The van der Waals surface area contributed by atoms with Crippen LogP contribution < -0.4 is 5.32 Å². The number of aryl methyl sites for hydroxylation is 1. The van der Waals surface area contributed by atoms with Crippen LogP contribution in [0.15, 0.2) is 58.3 Å². The number of hydrogen-bond donors (Lipinski definition) is 1. The third kappa shape index (κ3) is 5.78. The minimum Gasteiger partial charge on any atom is -0.314 e. The van der Waals surface area contributed by atoms with Gasteiger partial charge in [-0.25, -0.2) is 8.42 Å². The molecule has 2 aromatic rings. The molecule has 3 rings (SSSR count). The fourth-order valence-corrected chi connectivity index (χ4v) is 5.61. The Labute approximate surface area is 187 Å². The van der Waals surface area contributed by atoms with Gasteiger partial charge in [-0.15, -0.1) is 0 Å². The highest BCUT2D eigenvalue weighted by atomic mass is 32.2. The van der Waals surface area contributed by atoms with Crippen LogP contribution in [0.25, 0.3) is 0 Å². The predicted octanol–water partition coefficient (Wildman–Crippen LogP) is 5.35. The summed E-state index contributed by atoms with van der Waals surface area (Å²) in [4.78, 5) is 12.1. The minimum absolute atomic E-state index is 0.0803. The van der Waals surface area contributed by atoms with Crippen LogP contribution in [0.4, 0.5) is 13.2 Å². The molecule has 0 saturated heterocycles. The number of halogens is 3. The van der Waals surface area contributed by atoms with Gasteiger partial charge in [0, 0.05) is 18.4 Å². The van der Waals surface area contributed by atoms with Crippen LogP contribution in [-0.4, -0.2) is 26.8 Å². The summed E-state index contributed by atoms with van der Waals surface area (Å²) in [5.41, 5.74) is -0.312. The normalized spacial score (nSPS) is 16.6. The standard InChI is InChI=1S/C24H28F3NO3S/c1-28-23(14-3-2-4-15-23)17-20(29)11-8-18-9-12-21(13-10-18)32(30,31)22-7-5-6-19(16-22)24(25,26)27/h5-7,9-10,12-13,16,28H,2-4,8,11,14-15,17H2,1H3. The fourth-order valence-electron chi connectivity index (χ4n) is 4.30. The van der Waals surface area contributed by atoms with E-state index >= 15 is 0 Å². The second-order valence-corrected chi connectivity index (χ2v) is 10.4. The zero-order valence-corrected chi connectivity index (χ0v) is 18.9. The first-order valence-corrected chi connectivity index (χ1v) is 12.3. The highest BCUT2D eigenvalue weighted by Crippen LogP contribution is 2.33. The molecule has 0 bridgehead atoms. The van der Waals surface area contributed by atoms with Crippen LogP contribution in [0.3, 0.4) is 0 Å². The molecule has 32 heavy (non-hydrogen) atoms. The Bertz CT molecular complexity index is 1040. The van der Waals surface area contributed by atoms with Gasteiger partial charge in [0.2, 0.25) is 9.84 Å². The third-order valence-corrected chi connectivity index (χ3v) is 8.04. The molecule has 0 aromatic heterocycles. The van der Waals surface area contributed by atoms with Gasteiger partial charge in [0.15, 0.2) is 0 Å². The number of benzene rings is 2. The van der Waals surface area contributed by atoms with Crippen LogP contribution in [0.5, 0.6) is 0 Å². The lowest BCUT2D eigenvalue weighted by Crippen LogP contribution is -2.46. The lowest BCUT2D eigenvalue weighted by Gasteiger charge is -2.36. The molecule has 4 nitrogen and oxygen atoms in total. The number of rotatable bonds is 8. The summed E-state index contributed by atoms with van der Waals surface area (Å²) in [7, 11) is -2.17. The summed E-state index contributed by atoms with van der Waals surface area (Å²) in [6, 6.07) is 9.71. The Morgan fingerprint density at radius 1 is 1.00 bits per heavy atom. The number of carbonyl (C=O) groups is 1. The van der Waals surface area contributed by atoms with Gasteiger partial charge in [-0.05, 0) is 62.2 Å². The first-order chi connectivity index (χ1) is 15.1. The van der Waals surface area contributed by atoms with Crippen molar-refractivity contribution in [2.45, 2.75) is 72.9 Å². The lowest BCUT2D eigenvalue weighted by molar-refractivity contribution is -0.137. The van der Waals surface area contributed by atoms with E-state index in [0.29, 0.717) is 25.3 Å². The Kier molecular flexibility index (Phi) is 7.45. The summed E-state index contributed by atoms with van der Waals surface area (Å²) in [6.45, 7) is 0. The summed E-state index contributed by atoms with van der Waals surface area (Å²) in [5.74, 6) is 0.168. The van der Waals surface area contributed by atoms with Crippen molar-refractivity contribution in [3.05, 3.63) is 59.7 Å². The smallest absolute Gasteiger partial charge is 0.314 e. The van der Waals surface area contributed by atoms with E-state index in [1.54, 1.807) is 12.1 Å². The Morgan fingerprint density at radius 2 is 1.66 bits per heavy atom. The number of ketones is 1. The average molecular weight is 468 g/mol. The molecule has 174 valence electrons. The highest BCUT2D eigenvalue weighted by molar-refractivity contribution is 7.91. The summed E-state index contributed by atoms with van der Waals surface area (Å²) in [5, 5.41) is 3.34. The van der Waals surface area contributed by atoms with E-state index in [9.17, 15) is 26.4 Å². The van der Waals surface area contributed by atoms with Crippen molar-refractivity contribution in [1.29, 1.82) is 0 Å². The zero-order valence-electron chi connectivity index (χ0n) is 18.0. The quantitative estimate of drug-likeness (QED) is 0.568. The van der Waals surface area contributed by atoms with Crippen LogP contribution in [0.1, 0.15) is 56.1 Å². The monoisotopic (exact) mass is 467 g/mol. The molecule has 1 N–H and O–H groups in total. The summed E-state index contributed by atoms with van der Waals surface area (Å²) in [6.07, 6.45) is 2.16. The number of alkyl halides is 3. The summed E-state index contributed by atoms with van der Waals surface area (Å²) < 4.78 is 64.3. The zero-order chi connectivity index (χ0) is 23.4. The first kappa shape index (κ1) is 24.5. The maximum atomic E-state index is 12.9.